The van der Waals surface area contributed by atoms with Gasteiger partial charge in [0.2, 0.25) is 0 Å². The average Bonchev–Trinajstić information content (AvgIpc) is 2.24. The van der Waals surface area contributed by atoms with Gasteiger partial charge < -0.3 is 4.89 Å². The molecule has 3 nitrogen and oxygen atoms in total. The molecule has 1 heterocycles. The summed E-state index contributed by atoms with van der Waals surface area (Å²) in [6.45, 7) is 0. The minimum absolute atomic E-state index is 0.953. The highest BCUT2D eigenvalue weighted by atomic mass is 31.2. The third-order valence-electron chi connectivity index (χ3n) is 1.66. The Hall–Kier alpha value is -0.500. The van der Waals surface area contributed by atoms with E-state index in [4.69, 9.17) is 11.3 Å². The van der Waals surface area contributed by atoms with Crippen LogP contribution in [0.15, 0.2) is 0 Å². The van der Waals surface area contributed by atoms with Gasteiger partial charge in [0.25, 0.3) is 0 Å². The Balaban J connectivity index is 2.89. The second-order valence-corrected chi connectivity index (χ2v) is 4.51. The third kappa shape index (κ3) is 2.25. The van der Waals surface area contributed by atoms with E-state index in [9.17, 15) is 17.7 Å². The Morgan fingerprint density at radius 2 is 2.15 bits per heavy atom. The number of alkyl halides is 3. The molecule has 1 fully saturated rings. The summed E-state index contributed by atoms with van der Waals surface area (Å²) < 4.78 is 51.4. The first-order valence-corrected chi connectivity index (χ1v) is 5.05. The first-order chi connectivity index (χ1) is 5.76. The van der Waals surface area contributed by atoms with Crippen LogP contribution in [0.4, 0.5) is 13.2 Å². The van der Waals surface area contributed by atoms with E-state index in [1.807, 2.05) is 0 Å². The van der Waals surface area contributed by atoms with Crippen LogP contribution in [0.1, 0.15) is 0 Å². The molecule has 3 atom stereocenters. The van der Waals surface area contributed by atoms with Crippen molar-refractivity contribution >= 4 is 7.60 Å². The SMILES string of the molecule is C#CC1OP(=O)(O)CC1C(F)(F)F. The van der Waals surface area contributed by atoms with Gasteiger partial charge >= 0.3 is 13.8 Å². The first kappa shape index (κ1) is 10.6. The van der Waals surface area contributed by atoms with E-state index in [0.29, 0.717) is 0 Å². The summed E-state index contributed by atoms with van der Waals surface area (Å²) in [5, 5.41) is 0. The van der Waals surface area contributed by atoms with Crippen molar-refractivity contribution in [1.82, 2.24) is 0 Å². The average molecular weight is 214 g/mol. The van der Waals surface area contributed by atoms with Gasteiger partial charge in [-0.2, -0.15) is 13.2 Å². The van der Waals surface area contributed by atoms with Gasteiger partial charge in [-0.3, -0.25) is 9.09 Å². The van der Waals surface area contributed by atoms with Crippen LogP contribution in [-0.4, -0.2) is 23.3 Å². The lowest BCUT2D eigenvalue weighted by molar-refractivity contribution is -0.176. The van der Waals surface area contributed by atoms with E-state index >= 15 is 0 Å². The maximum atomic E-state index is 12.1. The molecule has 0 amide bonds. The summed E-state index contributed by atoms with van der Waals surface area (Å²) >= 11 is 0. The fourth-order valence-electron chi connectivity index (χ4n) is 1.06. The minimum atomic E-state index is -4.59. The molecule has 0 radical (unpaired) electrons. The third-order valence-corrected chi connectivity index (χ3v) is 3.07. The molecule has 13 heavy (non-hydrogen) atoms. The molecule has 3 unspecified atom stereocenters. The van der Waals surface area contributed by atoms with E-state index in [1.54, 1.807) is 5.92 Å². The van der Waals surface area contributed by atoms with Crippen molar-refractivity contribution < 1.29 is 27.2 Å². The molecule has 0 saturated carbocycles. The molecule has 7 heteroatoms. The molecular weight excluding hydrogens is 208 g/mol. The molecule has 1 saturated heterocycles. The van der Waals surface area contributed by atoms with E-state index in [1.165, 1.54) is 0 Å². The Labute approximate surface area is 72.4 Å². The van der Waals surface area contributed by atoms with Crippen LogP contribution in [0.3, 0.4) is 0 Å². The number of hydrogen-bond acceptors (Lipinski definition) is 2. The largest absolute Gasteiger partial charge is 0.395 e. The molecule has 0 aromatic heterocycles. The molecule has 1 N–H and O–H groups in total. The summed E-state index contributed by atoms with van der Waals surface area (Å²) in [6.07, 6.45) is -2.45. The number of hydrogen-bond donors (Lipinski definition) is 1. The van der Waals surface area contributed by atoms with Crippen molar-refractivity contribution in [2.75, 3.05) is 6.16 Å². The molecular formula is C6H6F3O3P. The topological polar surface area (TPSA) is 46.5 Å². The van der Waals surface area contributed by atoms with Crippen LogP contribution < -0.4 is 0 Å². The predicted octanol–water partition coefficient (Wildman–Crippen LogP) is 1.38. The van der Waals surface area contributed by atoms with Gasteiger partial charge in [-0.25, -0.2) is 0 Å². The zero-order chi connectivity index (χ0) is 10.3. The Morgan fingerprint density at radius 1 is 1.62 bits per heavy atom. The molecule has 1 rings (SSSR count). The molecule has 74 valence electrons. The van der Waals surface area contributed by atoms with Crippen LogP contribution >= 0.6 is 7.60 Å². The van der Waals surface area contributed by atoms with Crippen LogP contribution in [0.5, 0.6) is 0 Å². The van der Waals surface area contributed by atoms with Gasteiger partial charge in [-0.05, 0) is 0 Å². The van der Waals surface area contributed by atoms with Crippen molar-refractivity contribution in [3.63, 3.8) is 0 Å². The summed E-state index contributed by atoms with van der Waals surface area (Å²) in [5.74, 6) is -0.332. The maximum absolute atomic E-state index is 12.1. The lowest BCUT2D eigenvalue weighted by Gasteiger charge is -2.14. The van der Waals surface area contributed by atoms with Gasteiger partial charge in [0.05, 0.1) is 6.16 Å². The molecule has 0 aromatic rings. The van der Waals surface area contributed by atoms with Gasteiger partial charge in [0, 0.05) is 0 Å². The lowest BCUT2D eigenvalue weighted by Crippen LogP contribution is -2.31. The zero-order valence-corrected chi connectivity index (χ0v) is 7.18. The standard InChI is InChI=1S/C6H6F3O3P/c1-2-5-4(6(7,8)9)3-13(10,11)12-5/h1,4-5H,3H2,(H,10,11). The first-order valence-electron chi connectivity index (χ1n) is 3.29. The fraction of sp³-hybridized carbons (Fsp3) is 0.667. The van der Waals surface area contributed by atoms with Gasteiger partial charge in [0.15, 0.2) is 0 Å². The van der Waals surface area contributed by atoms with Gasteiger partial charge in [0.1, 0.15) is 12.0 Å². The van der Waals surface area contributed by atoms with Crippen molar-refractivity contribution in [2.45, 2.75) is 12.3 Å². The normalized spacial score (nSPS) is 40.2. The van der Waals surface area contributed by atoms with Crippen LogP contribution in [0.25, 0.3) is 0 Å². The highest BCUT2D eigenvalue weighted by molar-refractivity contribution is 7.53. The predicted molar refractivity (Wildman–Crippen MR) is 37.9 cm³/mol. The summed E-state index contributed by atoms with van der Waals surface area (Å²) in [7, 11) is -4.13. The van der Waals surface area contributed by atoms with Crippen molar-refractivity contribution in [2.24, 2.45) is 5.92 Å². The quantitative estimate of drug-likeness (QED) is 0.489. The number of terminal acetylenes is 1. The van der Waals surface area contributed by atoms with E-state index < -0.39 is 32.0 Å². The lowest BCUT2D eigenvalue weighted by atomic mass is 10.1. The van der Waals surface area contributed by atoms with Crippen molar-refractivity contribution in [3.8, 4) is 12.3 Å². The molecule has 0 bridgehead atoms. The Bertz CT molecular complexity index is 292. The maximum Gasteiger partial charge on any atom is 0.395 e. The summed E-state index contributed by atoms with van der Waals surface area (Å²) in [5.41, 5.74) is 0. The molecule has 0 spiro atoms. The molecule has 0 aromatic carbocycles. The second-order valence-electron chi connectivity index (χ2n) is 2.66. The number of halogens is 3. The van der Waals surface area contributed by atoms with E-state index in [-0.39, 0.29) is 0 Å². The minimum Gasteiger partial charge on any atom is -0.324 e. The van der Waals surface area contributed by atoms with Crippen LogP contribution in [-0.2, 0) is 9.09 Å². The Morgan fingerprint density at radius 3 is 2.46 bits per heavy atom. The summed E-state index contributed by atoms with van der Waals surface area (Å²) in [4.78, 5) is 8.77. The second kappa shape index (κ2) is 3.02. The molecule has 0 aliphatic carbocycles. The Kier molecular flexibility index (Phi) is 2.46. The van der Waals surface area contributed by atoms with Crippen molar-refractivity contribution in [1.29, 1.82) is 0 Å². The fourth-order valence-corrected chi connectivity index (χ4v) is 2.60. The van der Waals surface area contributed by atoms with E-state index in [0.717, 1.165) is 0 Å². The van der Waals surface area contributed by atoms with Crippen molar-refractivity contribution in [3.05, 3.63) is 0 Å². The van der Waals surface area contributed by atoms with Gasteiger partial charge in [-0.1, -0.05) is 5.92 Å². The molecule has 1 aliphatic rings. The molecule has 1 aliphatic heterocycles. The van der Waals surface area contributed by atoms with E-state index in [2.05, 4.69) is 4.52 Å². The monoisotopic (exact) mass is 214 g/mol. The number of rotatable bonds is 0. The smallest absolute Gasteiger partial charge is 0.324 e. The highest BCUT2D eigenvalue weighted by Gasteiger charge is 2.54. The van der Waals surface area contributed by atoms with Gasteiger partial charge in [-0.15, -0.1) is 6.42 Å². The van der Waals surface area contributed by atoms with Crippen LogP contribution in [0.2, 0.25) is 0 Å². The zero-order valence-electron chi connectivity index (χ0n) is 6.28. The highest BCUT2D eigenvalue weighted by Crippen LogP contribution is 2.56. The summed E-state index contributed by atoms with van der Waals surface area (Å²) in [6, 6.07) is 0. The van der Waals surface area contributed by atoms with Crippen LogP contribution in [0, 0.1) is 18.3 Å².